The van der Waals surface area contributed by atoms with Gasteiger partial charge < -0.3 is 9.47 Å². The maximum atomic E-state index is 12.7. The van der Waals surface area contributed by atoms with E-state index < -0.39 is 27.3 Å². The number of aryl methyl sites for hydroxylation is 1. The molecule has 1 aliphatic heterocycles. The third-order valence-electron chi connectivity index (χ3n) is 5.67. The van der Waals surface area contributed by atoms with Gasteiger partial charge in [0.2, 0.25) is 10.0 Å². The summed E-state index contributed by atoms with van der Waals surface area (Å²) >= 11 is 0. The van der Waals surface area contributed by atoms with Gasteiger partial charge in [0.1, 0.15) is 0 Å². The summed E-state index contributed by atoms with van der Waals surface area (Å²) in [5.41, 5.74) is 0.907. The molecule has 1 aliphatic rings. The number of benzene rings is 2. The first-order valence-corrected chi connectivity index (χ1v) is 12.2. The number of nitrogens with one attached hydrogen (secondary N) is 1. The number of likely N-dealkylation sites (tertiary alicyclic amines) is 1. The summed E-state index contributed by atoms with van der Waals surface area (Å²) in [7, 11) is -2.38. The number of nitrogens with zero attached hydrogens (tertiary/aromatic N) is 2. The number of rotatable bonds is 10. The first kappa shape index (κ1) is 25.8. The fraction of sp³-hybridized carbons (Fsp3) is 0.455. The van der Waals surface area contributed by atoms with E-state index in [9.17, 15) is 27.3 Å². The Balaban J connectivity index is 1.69. The highest BCUT2D eigenvalue weighted by Crippen LogP contribution is 2.36. The molecule has 1 unspecified atom stereocenters. The van der Waals surface area contributed by atoms with Crippen LogP contribution >= 0.6 is 0 Å². The van der Waals surface area contributed by atoms with Crippen molar-refractivity contribution in [2.24, 2.45) is 5.92 Å². The van der Waals surface area contributed by atoms with Crippen molar-refractivity contribution in [3.05, 3.63) is 57.6 Å². The van der Waals surface area contributed by atoms with Crippen LogP contribution in [-0.4, -0.2) is 51.6 Å². The molecule has 0 spiro atoms. The van der Waals surface area contributed by atoms with Crippen LogP contribution in [0.3, 0.4) is 0 Å². The Labute approximate surface area is 196 Å². The molecule has 0 bridgehead atoms. The molecule has 12 heteroatoms. The zero-order valence-electron chi connectivity index (χ0n) is 18.9. The van der Waals surface area contributed by atoms with Crippen molar-refractivity contribution in [3.8, 4) is 11.5 Å². The van der Waals surface area contributed by atoms with E-state index in [1.807, 2.05) is 11.8 Å². The molecule has 1 fully saturated rings. The summed E-state index contributed by atoms with van der Waals surface area (Å²) < 4.78 is 62.6. The maximum Gasteiger partial charge on any atom is 0.387 e. The molecule has 2 aromatic rings. The fourth-order valence-electron chi connectivity index (χ4n) is 3.97. The van der Waals surface area contributed by atoms with E-state index >= 15 is 0 Å². The number of hydrogen-bond acceptors (Lipinski definition) is 7. The molecule has 1 saturated heterocycles. The predicted octanol–water partition coefficient (Wildman–Crippen LogP) is 3.70. The topological polar surface area (TPSA) is 111 Å². The van der Waals surface area contributed by atoms with Crippen molar-refractivity contribution < 1.29 is 31.6 Å². The molecule has 3 rings (SSSR count). The minimum atomic E-state index is -3.64. The molecular formula is C22H27F2N3O6S. The number of sulfonamides is 1. The van der Waals surface area contributed by atoms with E-state index in [1.165, 1.54) is 13.2 Å². The van der Waals surface area contributed by atoms with Gasteiger partial charge in [-0.15, -0.1) is 0 Å². The highest BCUT2D eigenvalue weighted by atomic mass is 32.2. The Morgan fingerprint density at radius 1 is 1.24 bits per heavy atom. The highest BCUT2D eigenvalue weighted by Gasteiger charge is 2.27. The van der Waals surface area contributed by atoms with E-state index in [4.69, 9.17) is 4.74 Å². The summed E-state index contributed by atoms with van der Waals surface area (Å²) in [6.07, 6.45) is 1.59. The van der Waals surface area contributed by atoms with Gasteiger partial charge in [0.15, 0.2) is 11.5 Å². The molecular weight excluding hydrogens is 472 g/mol. The van der Waals surface area contributed by atoms with Crippen LogP contribution in [0.5, 0.6) is 11.5 Å². The van der Waals surface area contributed by atoms with E-state index in [-0.39, 0.29) is 35.3 Å². The Bertz CT molecular complexity index is 1110. The van der Waals surface area contributed by atoms with Crippen molar-refractivity contribution in [3.63, 3.8) is 0 Å². The number of alkyl halides is 2. The molecule has 1 heterocycles. The Morgan fingerprint density at radius 2 is 1.94 bits per heavy atom. The van der Waals surface area contributed by atoms with E-state index in [0.717, 1.165) is 24.5 Å². The maximum absolute atomic E-state index is 12.7. The quantitative estimate of drug-likeness (QED) is 0.392. The molecule has 0 aromatic heterocycles. The van der Waals surface area contributed by atoms with Crippen LogP contribution in [0.15, 0.2) is 41.3 Å². The van der Waals surface area contributed by atoms with Crippen LogP contribution in [0.4, 0.5) is 14.5 Å². The molecule has 0 saturated carbocycles. The van der Waals surface area contributed by atoms with Crippen LogP contribution in [0.1, 0.15) is 24.0 Å². The molecule has 1 atom stereocenters. The smallest absolute Gasteiger partial charge is 0.387 e. The second-order valence-electron chi connectivity index (χ2n) is 8.18. The van der Waals surface area contributed by atoms with Gasteiger partial charge in [-0.1, -0.05) is 17.7 Å². The van der Waals surface area contributed by atoms with Crippen LogP contribution in [0, 0.1) is 23.0 Å². The highest BCUT2D eigenvalue weighted by molar-refractivity contribution is 7.89. The van der Waals surface area contributed by atoms with Crippen molar-refractivity contribution in [1.82, 2.24) is 9.62 Å². The number of methoxy groups -OCH3 is 1. The standard InChI is InChI=1S/C22H27F2N3O6S/c1-15-5-7-18(8-6-15)34(30,31)25-12-16-4-3-9-26(13-16)14-17-10-20(32-2)21(33-22(23)24)11-19(17)27(28)29/h5-8,10-11,16,22,25H,3-4,9,12-14H2,1-2H3. The second-order valence-corrected chi connectivity index (χ2v) is 9.94. The molecule has 34 heavy (non-hydrogen) atoms. The van der Waals surface area contributed by atoms with Gasteiger partial charge in [-0.3, -0.25) is 15.0 Å². The third-order valence-corrected chi connectivity index (χ3v) is 7.11. The summed E-state index contributed by atoms with van der Waals surface area (Å²) in [6, 6.07) is 8.85. The van der Waals surface area contributed by atoms with Gasteiger partial charge in [-0.2, -0.15) is 8.78 Å². The third kappa shape index (κ3) is 6.61. The van der Waals surface area contributed by atoms with Crippen molar-refractivity contribution in [2.75, 3.05) is 26.7 Å². The molecule has 0 amide bonds. The Hall–Kier alpha value is -2.83. The number of nitro groups is 1. The predicted molar refractivity (Wildman–Crippen MR) is 121 cm³/mol. The van der Waals surface area contributed by atoms with Gasteiger partial charge in [-0.25, -0.2) is 13.1 Å². The summed E-state index contributed by atoms with van der Waals surface area (Å²) in [6.45, 7) is 0.328. The van der Waals surface area contributed by atoms with Gasteiger partial charge in [0.25, 0.3) is 5.69 Å². The van der Waals surface area contributed by atoms with Crippen LogP contribution in [-0.2, 0) is 16.6 Å². The zero-order chi connectivity index (χ0) is 24.9. The van der Waals surface area contributed by atoms with Crippen molar-refractivity contribution in [2.45, 2.75) is 37.8 Å². The molecule has 2 aromatic carbocycles. The van der Waals surface area contributed by atoms with Crippen LogP contribution < -0.4 is 14.2 Å². The van der Waals surface area contributed by atoms with E-state index in [1.54, 1.807) is 24.3 Å². The van der Waals surface area contributed by atoms with Crippen molar-refractivity contribution >= 4 is 15.7 Å². The lowest BCUT2D eigenvalue weighted by molar-refractivity contribution is -0.385. The normalized spacial score (nSPS) is 17.0. The second kappa shape index (κ2) is 11.1. The average molecular weight is 500 g/mol. The monoisotopic (exact) mass is 499 g/mol. The zero-order valence-corrected chi connectivity index (χ0v) is 19.7. The lowest BCUT2D eigenvalue weighted by Gasteiger charge is -2.32. The summed E-state index contributed by atoms with van der Waals surface area (Å²) in [4.78, 5) is 13.1. The lowest BCUT2D eigenvalue weighted by Crippen LogP contribution is -2.40. The lowest BCUT2D eigenvalue weighted by atomic mass is 9.97. The largest absolute Gasteiger partial charge is 0.493 e. The average Bonchev–Trinajstić information content (AvgIpc) is 2.78. The van der Waals surface area contributed by atoms with E-state index in [2.05, 4.69) is 9.46 Å². The first-order valence-electron chi connectivity index (χ1n) is 10.7. The molecule has 0 radical (unpaired) electrons. The van der Waals surface area contributed by atoms with Crippen LogP contribution in [0.25, 0.3) is 0 Å². The van der Waals surface area contributed by atoms with Gasteiger partial charge in [-0.05, 0) is 50.4 Å². The Morgan fingerprint density at radius 3 is 2.56 bits per heavy atom. The SMILES string of the molecule is COc1cc(CN2CCCC(CNS(=O)(=O)c3ccc(C)cc3)C2)c([N+](=O)[O-])cc1OC(F)F. The van der Waals surface area contributed by atoms with Gasteiger partial charge in [0, 0.05) is 25.2 Å². The van der Waals surface area contributed by atoms with Gasteiger partial charge >= 0.3 is 6.61 Å². The Kier molecular flexibility index (Phi) is 8.39. The van der Waals surface area contributed by atoms with E-state index in [0.29, 0.717) is 18.7 Å². The summed E-state index contributed by atoms with van der Waals surface area (Å²) in [5, 5.41) is 11.6. The minimum Gasteiger partial charge on any atom is -0.493 e. The molecule has 1 N–H and O–H groups in total. The summed E-state index contributed by atoms with van der Waals surface area (Å²) in [5.74, 6) is -0.424. The number of hydrogen-bond donors (Lipinski definition) is 1. The number of nitro benzene ring substituents is 1. The van der Waals surface area contributed by atoms with Crippen molar-refractivity contribution in [1.29, 1.82) is 0 Å². The number of ether oxygens (including phenoxy) is 2. The van der Waals surface area contributed by atoms with Gasteiger partial charge in [0.05, 0.1) is 23.0 Å². The minimum absolute atomic E-state index is 0.0105. The first-order chi connectivity index (χ1) is 16.1. The molecule has 186 valence electrons. The number of halogens is 2. The molecule has 0 aliphatic carbocycles. The number of piperidine rings is 1. The van der Waals surface area contributed by atoms with Crippen LogP contribution in [0.2, 0.25) is 0 Å². The molecule has 9 nitrogen and oxygen atoms in total. The fourth-order valence-corrected chi connectivity index (χ4v) is 5.08.